The van der Waals surface area contributed by atoms with Gasteiger partial charge in [0.2, 0.25) is 0 Å². The predicted octanol–water partition coefficient (Wildman–Crippen LogP) is 1.25. The number of hydrogen-bond donors (Lipinski definition) is 2. The maximum absolute atomic E-state index is 12.1. The molecule has 0 aromatic carbocycles. The zero-order valence-electron chi connectivity index (χ0n) is 11.5. The fourth-order valence-corrected chi connectivity index (χ4v) is 1.66. The first kappa shape index (κ1) is 14.0. The Kier molecular flexibility index (Phi) is 4.27. The van der Waals surface area contributed by atoms with Crippen LogP contribution in [-0.4, -0.2) is 30.0 Å². The van der Waals surface area contributed by atoms with E-state index in [1.54, 1.807) is 24.5 Å². The van der Waals surface area contributed by atoms with E-state index in [0.29, 0.717) is 23.5 Å². The van der Waals surface area contributed by atoms with E-state index < -0.39 is 0 Å². The average molecular weight is 271 g/mol. The third-order valence-electron chi connectivity index (χ3n) is 2.75. The summed E-state index contributed by atoms with van der Waals surface area (Å²) in [5.74, 6) is 0.624. The second-order valence-corrected chi connectivity index (χ2v) is 4.49. The van der Waals surface area contributed by atoms with E-state index in [4.69, 9.17) is 5.73 Å². The molecule has 0 unspecified atom stereocenters. The fraction of sp³-hybridized carbons (Fsp3) is 0.214. The molecule has 2 aromatic rings. The number of carbonyl (C=O) groups is 1. The van der Waals surface area contributed by atoms with Crippen molar-refractivity contribution in [1.82, 2.24) is 9.97 Å². The van der Waals surface area contributed by atoms with Gasteiger partial charge in [-0.3, -0.25) is 9.78 Å². The Morgan fingerprint density at radius 2 is 2.10 bits per heavy atom. The lowest BCUT2D eigenvalue weighted by atomic mass is 10.2. The molecule has 2 rings (SSSR count). The zero-order chi connectivity index (χ0) is 14.5. The number of hydrogen-bond acceptors (Lipinski definition) is 5. The van der Waals surface area contributed by atoms with Crippen LogP contribution in [0.1, 0.15) is 16.1 Å². The number of amides is 1. The first-order chi connectivity index (χ1) is 9.60. The van der Waals surface area contributed by atoms with Crippen LogP contribution in [0.25, 0.3) is 0 Å². The van der Waals surface area contributed by atoms with Gasteiger partial charge in [0.05, 0.1) is 17.6 Å². The summed E-state index contributed by atoms with van der Waals surface area (Å²) in [6.07, 6.45) is 3.20. The molecule has 0 atom stereocenters. The molecule has 104 valence electrons. The number of carbonyl (C=O) groups excluding carboxylic acids is 1. The van der Waals surface area contributed by atoms with Crippen LogP contribution in [0, 0.1) is 0 Å². The molecule has 6 heteroatoms. The quantitative estimate of drug-likeness (QED) is 0.874. The molecule has 0 fully saturated rings. The normalized spacial score (nSPS) is 10.2. The van der Waals surface area contributed by atoms with Gasteiger partial charge < -0.3 is 16.0 Å². The lowest BCUT2D eigenvalue weighted by Gasteiger charge is -2.11. The highest BCUT2D eigenvalue weighted by Gasteiger charge is 2.07. The van der Waals surface area contributed by atoms with Gasteiger partial charge in [-0.2, -0.15) is 0 Å². The number of pyridine rings is 2. The molecule has 0 radical (unpaired) electrons. The highest BCUT2D eigenvalue weighted by Crippen LogP contribution is 2.13. The Bertz CT molecular complexity index is 595. The molecule has 3 N–H and O–H groups in total. The van der Waals surface area contributed by atoms with Crippen molar-refractivity contribution in [2.24, 2.45) is 5.73 Å². The molecule has 0 bridgehead atoms. The summed E-state index contributed by atoms with van der Waals surface area (Å²) in [7, 11) is 3.82. The van der Waals surface area contributed by atoms with Crippen molar-refractivity contribution in [2.75, 3.05) is 24.3 Å². The third kappa shape index (κ3) is 3.30. The number of rotatable bonds is 4. The largest absolute Gasteiger partial charge is 0.363 e. The van der Waals surface area contributed by atoms with E-state index in [2.05, 4.69) is 15.3 Å². The van der Waals surface area contributed by atoms with Crippen molar-refractivity contribution in [2.45, 2.75) is 6.54 Å². The van der Waals surface area contributed by atoms with Gasteiger partial charge in [0.15, 0.2) is 0 Å². The molecule has 0 aliphatic rings. The Morgan fingerprint density at radius 1 is 1.30 bits per heavy atom. The lowest BCUT2D eigenvalue weighted by Crippen LogP contribution is -2.14. The second kappa shape index (κ2) is 6.12. The van der Waals surface area contributed by atoms with E-state index in [-0.39, 0.29) is 5.91 Å². The van der Waals surface area contributed by atoms with Gasteiger partial charge in [-0.1, -0.05) is 0 Å². The molecule has 6 nitrogen and oxygen atoms in total. The monoisotopic (exact) mass is 271 g/mol. The second-order valence-electron chi connectivity index (χ2n) is 4.49. The van der Waals surface area contributed by atoms with Crippen LogP contribution in [0.5, 0.6) is 0 Å². The summed E-state index contributed by atoms with van der Waals surface area (Å²) < 4.78 is 0. The minimum Gasteiger partial charge on any atom is -0.363 e. The molecular formula is C14H17N5O. The van der Waals surface area contributed by atoms with Crippen molar-refractivity contribution >= 4 is 17.4 Å². The molecule has 0 saturated heterocycles. The van der Waals surface area contributed by atoms with Gasteiger partial charge >= 0.3 is 0 Å². The first-order valence-corrected chi connectivity index (χ1v) is 6.20. The fourth-order valence-electron chi connectivity index (χ4n) is 1.66. The van der Waals surface area contributed by atoms with E-state index in [1.165, 1.54) is 0 Å². The number of anilines is 2. The minimum atomic E-state index is -0.207. The smallest absolute Gasteiger partial charge is 0.255 e. The van der Waals surface area contributed by atoms with Crippen LogP contribution < -0.4 is 16.0 Å². The number of nitrogens with zero attached hydrogens (tertiary/aromatic N) is 3. The summed E-state index contributed by atoms with van der Waals surface area (Å²) in [6, 6.07) is 6.98. The average Bonchev–Trinajstić information content (AvgIpc) is 2.47. The molecule has 2 heterocycles. The first-order valence-electron chi connectivity index (χ1n) is 6.20. The maximum atomic E-state index is 12.1. The molecular weight excluding hydrogens is 254 g/mol. The third-order valence-corrected chi connectivity index (χ3v) is 2.75. The predicted molar refractivity (Wildman–Crippen MR) is 78.6 cm³/mol. The Hall–Kier alpha value is -2.47. The topological polar surface area (TPSA) is 84.1 Å². The Balaban J connectivity index is 2.10. The van der Waals surface area contributed by atoms with E-state index in [9.17, 15) is 4.79 Å². The van der Waals surface area contributed by atoms with E-state index in [1.807, 2.05) is 31.1 Å². The van der Waals surface area contributed by atoms with Gasteiger partial charge in [0.1, 0.15) is 5.82 Å². The van der Waals surface area contributed by atoms with Gasteiger partial charge in [-0.15, -0.1) is 0 Å². The van der Waals surface area contributed by atoms with E-state index in [0.717, 1.165) is 5.82 Å². The summed E-state index contributed by atoms with van der Waals surface area (Å²) in [4.78, 5) is 22.3. The van der Waals surface area contributed by atoms with Gasteiger partial charge in [0, 0.05) is 32.4 Å². The standard InChI is InChI=1S/C14H17N5O/c1-19(2)13-4-3-11(9-17-13)18-14(20)10-5-6-16-12(7-10)8-15/h3-7,9H,8,15H2,1-2H3,(H,18,20). The molecule has 0 saturated carbocycles. The minimum absolute atomic E-state index is 0.207. The summed E-state index contributed by atoms with van der Waals surface area (Å²) in [5.41, 5.74) is 7.36. The molecule has 2 aromatic heterocycles. The van der Waals surface area contributed by atoms with Crippen molar-refractivity contribution in [1.29, 1.82) is 0 Å². The molecule has 0 aliphatic carbocycles. The summed E-state index contributed by atoms with van der Waals surface area (Å²) in [5, 5.41) is 2.79. The number of aromatic nitrogens is 2. The lowest BCUT2D eigenvalue weighted by molar-refractivity contribution is 0.102. The Labute approximate surface area is 117 Å². The number of nitrogens with two attached hydrogens (primary N) is 1. The summed E-state index contributed by atoms with van der Waals surface area (Å²) in [6.45, 7) is 0.306. The SMILES string of the molecule is CN(C)c1ccc(NC(=O)c2ccnc(CN)c2)cn1. The maximum Gasteiger partial charge on any atom is 0.255 e. The van der Waals surface area contributed by atoms with E-state index >= 15 is 0 Å². The van der Waals surface area contributed by atoms with Crippen LogP contribution in [0.3, 0.4) is 0 Å². The van der Waals surface area contributed by atoms with Crippen molar-refractivity contribution in [3.8, 4) is 0 Å². The van der Waals surface area contributed by atoms with Crippen LogP contribution in [0.15, 0.2) is 36.7 Å². The molecule has 0 spiro atoms. The van der Waals surface area contributed by atoms with Crippen LogP contribution in [0.4, 0.5) is 11.5 Å². The van der Waals surface area contributed by atoms with Gasteiger partial charge in [-0.25, -0.2) is 4.98 Å². The number of nitrogens with one attached hydrogen (secondary N) is 1. The van der Waals surface area contributed by atoms with Crippen LogP contribution in [0.2, 0.25) is 0 Å². The van der Waals surface area contributed by atoms with Crippen LogP contribution >= 0.6 is 0 Å². The zero-order valence-corrected chi connectivity index (χ0v) is 11.5. The highest BCUT2D eigenvalue weighted by atomic mass is 16.1. The molecule has 0 aliphatic heterocycles. The van der Waals surface area contributed by atoms with Crippen molar-refractivity contribution < 1.29 is 4.79 Å². The van der Waals surface area contributed by atoms with Gasteiger partial charge in [0.25, 0.3) is 5.91 Å². The highest BCUT2D eigenvalue weighted by molar-refractivity contribution is 6.04. The van der Waals surface area contributed by atoms with Crippen LogP contribution in [-0.2, 0) is 6.54 Å². The molecule has 20 heavy (non-hydrogen) atoms. The van der Waals surface area contributed by atoms with Gasteiger partial charge in [-0.05, 0) is 24.3 Å². The molecule has 1 amide bonds. The Morgan fingerprint density at radius 3 is 2.70 bits per heavy atom. The van der Waals surface area contributed by atoms with Crippen molar-refractivity contribution in [3.63, 3.8) is 0 Å². The summed E-state index contributed by atoms with van der Waals surface area (Å²) >= 11 is 0. The van der Waals surface area contributed by atoms with Crippen molar-refractivity contribution in [3.05, 3.63) is 47.9 Å².